The molecule has 2 rings (SSSR count). The maximum absolute atomic E-state index is 14.3. The van der Waals surface area contributed by atoms with Crippen molar-refractivity contribution in [3.8, 4) is 0 Å². The van der Waals surface area contributed by atoms with Crippen molar-refractivity contribution >= 4 is 17.6 Å². The Morgan fingerprint density at radius 1 is 1.38 bits per heavy atom. The van der Waals surface area contributed by atoms with Crippen molar-refractivity contribution in [2.75, 3.05) is 6.61 Å². The molecule has 1 unspecified atom stereocenters. The van der Waals surface area contributed by atoms with Crippen LogP contribution in [0.4, 0.5) is 4.39 Å². The van der Waals surface area contributed by atoms with E-state index in [1.165, 1.54) is 25.3 Å². The molecule has 0 aliphatic heterocycles. The number of hydrogen-bond acceptors (Lipinski definition) is 2. The minimum absolute atomic E-state index is 0.174. The van der Waals surface area contributed by atoms with Crippen LogP contribution in [0.1, 0.15) is 56.1 Å². The standard InChI is InChI=1S/C17H22ClFO2/c1-2-21-17(20)15(18)10-12-8-9-14(16(19)11-12)13-6-4-3-5-7-13/h8-9,11,13,15H,2-7,10H2,1H3. The van der Waals surface area contributed by atoms with E-state index in [2.05, 4.69) is 0 Å². The maximum atomic E-state index is 14.3. The van der Waals surface area contributed by atoms with Gasteiger partial charge in [0.25, 0.3) is 0 Å². The molecule has 0 spiro atoms. The quantitative estimate of drug-likeness (QED) is 0.587. The molecule has 1 saturated carbocycles. The first-order valence-electron chi connectivity index (χ1n) is 7.70. The summed E-state index contributed by atoms with van der Waals surface area (Å²) < 4.78 is 19.1. The number of carbonyl (C=O) groups is 1. The van der Waals surface area contributed by atoms with Crippen LogP contribution in [0.5, 0.6) is 0 Å². The smallest absolute Gasteiger partial charge is 0.324 e. The Bertz CT molecular complexity index is 484. The average molecular weight is 313 g/mol. The van der Waals surface area contributed by atoms with Crippen molar-refractivity contribution in [3.63, 3.8) is 0 Å². The van der Waals surface area contributed by atoms with Crippen LogP contribution in [0.15, 0.2) is 18.2 Å². The van der Waals surface area contributed by atoms with Gasteiger partial charge in [-0.25, -0.2) is 4.39 Å². The van der Waals surface area contributed by atoms with Gasteiger partial charge in [0, 0.05) is 0 Å². The predicted molar refractivity (Wildman–Crippen MR) is 82.2 cm³/mol. The Hall–Kier alpha value is -1.09. The Morgan fingerprint density at radius 3 is 2.71 bits per heavy atom. The third-order valence-corrected chi connectivity index (χ3v) is 4.40. The highest BCUT2D eigenvalue weighted by Crippen LogP contribution is 2.34. The van der Waals surface area contributed by atoms with Crippen LogP contribution in [0, 0.1) is 5.82 Å². The fraction of sp³-hybridized carbons (Fsp3) is 0.588. The number of alkyl halides is 1. The normalized spacial score (nSPS) is 17.5. The first-order chi connectivity index (χ1) is 10.1. The number of hydrogen-bond donors (Lipinski definition) is 0. The molecule has 1 aromatic carbocycles. The first kappa shape index (κ1) is 16.3. The largest absolute Gasteiger partial charge is 0.465 e. The molecule has 0 bridgehead atoms. The summed E-state index contributed by atoms with van der Waals surface area (Å²) in [6.45, 7) is 2.04. The summed E-state index contributed by atoms with van der Waals surface area (Å²) in [7, 11) is 0. The Balaban J connectivity index is 2.03. The Morgan fingerprint density at radius 2 is 2.10 bits per heavy atom. The third kappa shape index (κ3) is 4.44. The van der Waals surface area contributed by atoms with Gasteiger partial charge in [-0.15, -0.1) is 11.6 Å². The molecule has 116 valence electrons. The van der Waals surface area contributed by atoms with Gasteiger partial charge in [-0.3, -0.25) is 4.79 Å². The average Bonchev–Trinajstić information content (AvgIpc) is 2.48. The van der Waals surface area contributed by atoms with Crippen LogP contribution < -0.4 is 0 Å². The molecule has 4 heteroatoms. The molecule has 0 aromatic heterocycles. The predicted octanol–water partition coefficient (Wildman–Crippen LogP) is 4.59. The monoisotopic (exact) mass is 312 g/mol. The zero-order valence-electron chi connectivity index (χ0n) is 12.4. The molecule has 1 aliphatic rings. The van der Waals surface area contributed by atoms with E-state index in [0.717, 1.165) is 24.0 Å². The molecule has 21 heavy (non-hydrogen) atoms. The second-order valence-corrected chi connectivity index (χ2v) is 6.14. The van der Waals surface area contributed by atoms with Crippen molar-refractivity contribution in [3.05, 3.63) is 35.1 Å². The molecule has 1 aromatic rings. The zero-order chi connectivity index (χ0) is 15.2. The van der Waals surface area contributed by atoms with E-state index in [0.29, 0.717) is 18.9 Å². The van der Waals surface area contributed by atoms with Gasteiger partial charge in [-0.05, 0) is 49.3 Å². The van der Waals surface area contributed by atoms with Gasteiger partial charge in [0.05, 0.1) is 6.61 Å². The summed E-state index contributed by atoms with van der Waals surface area (Å²) in [6.07, 6.45) is 6.04. The van der Waals surface area contributed by atoms with E-state index in [1.54, 1.807) is 6.92 Å². The number of esters is 1. The van der Waals surface area contributed by atoms with Crippen LogP contribution in [-0.2, 0) is 16.0 Å². The number of benzene rings is 1. The fourth-order valence-corrected chi connectivity index (χ4v) is 3.21. The van der Waals surface area contributed by atoms with E-state index in [9.17, 15) is 9.18 Å². The van der Waals surface area contributed by atoms with Gasteiger partial charge in [0.15, 0.2) is 0 Å². The van der Waals surface area contributed by atoms with Crippen molar-refractivity contribution in [2.45, 2.75) is 56.7 Å². The lowest BCUT2D eigenvalue weighted by Crippen LogP contribution is -2.20. The highest BCUT2D eigenvalue weighted by Gasteiger charge is 2.21. The highest BCUT2D eigenvalue weighted by atomic mass is 35.5. The lowest BCUT2D eigenvalue weighted by molar-refractivity contribution is -0.142. The summed E-state index contributed by atoms with van der Waals surface area (Å²) in [6, 6.07) is 5.25. The molecular weight excluding hydrogens is 291 g/mol. The number of rotatable bonds is 5. The van der Waals surface area contributed by atoms with Crippen LogP contribution in [-0.4, -0.2) is 18.0 Å². The van der Waals surface area contributed by atoms with Gasteiger partial charge in [0.1, 0.15) is 11.2 Å². The van der Waals surface area contributed by atoms with E-state index in [4.69, 9.17) is 16.3 Å². The van der Waals surface area contributed by atoms with Crippen LogP contribution in [0.3, 0.4) is 0 Å². The highest BCUT2D eigenvalue weighted by molar-refractivity contribution is 6.30. The van der Waals surface area contributed by atoms with Crippen molar-refractivity contribution in [1.29, 1.82) is 0 Å². The minimum Gasteiger partial charge on any atom is -0.465 e. The summed E-state index contributed by atoms with van der Waals surface area (Å²) >= 11 is 5.99. The fourth-order valence-electron chi connectivity index (χ4n) is 2.97. The van der Waals surface area contributed by atoms with E-state index in [-0.39, 0.29) is 5.82 Å². The topological polar surface area (TPSA) is 26.3 Å². The van der Waals surface area contributed by atoms with Crippen molar-refractivity contribution in [1.82, 2.24) is 0 Å². The van der Waals surface area contributed by atoms with E-state index in [1.807, 2.05) is 12.1 Å². The van der Waals surface area contributed by atoms with Gasteiger partial charge < -0.3 is 4.74 Å². The molecule has 1 aliphatic carbocycles. The molecule has 0 N–H and O–H groups in total. The Labute approximate surface area is 130 Å². The summed E-state index contributed by atoms with van der Waals surface area (Å²) in [4.78, 5) is 11.5. The summed E-state index contributed by atoms with van der Waals surface area (Å²) in [5, 5.41) is -0.759. The van der Waals surface area contributed by atoms with Gasteiger partial charge in [0.2, 0.25) is 0 Å². The molecule has 2 nitrogen and oxygen atoms in total. The lowest BCUT2D eigenvalue weighted by Gasteiger charge is -2.22. The SMILES string of the molecule is CCOC(=O)C(Cl)Cc1ccc(C2CCCCC2)c(F)c1. The number of halogens is 2. The lowest BCUT2D eigenvalue weighted by atomic mass is 9.83. The molecule has 0 radical (unpaired) electrons. The first-order valence-corrected chi connectivity index (χ1v) is 8.14. The molecular formula is C17H22ClFO2. The van der Waals surface area contributed by atoms with Gasteiger partial charge in [-0.1, -0.05) is 31.4 Å². The molecule has 1 atom stereocenters. The second-order valence-electron chi connectivity index (χ2n) is 5.61. The van der Waals surface area contributed by atoms with E-state index < -0.39 is 11.3 Å². The second kappa shape index (κ2) is 7.79. The molecule has 1 fully saturated rings. The third-order valence-electron chi connectivity index (χ3n) is 4.07. The van der Waals surface area contributed by atoms with Crippen LogP contribution in [0.25, 0.3) is 0 Å². The Kier molecular flexibility index (Phi) is 6.04. The van der Waals surface area contributed by atoms with Crippen LogP contribution in [0.2, 0.25) is 0 Å². The number of carbonyl (C=O) groups excluding carboxylic acids is 1. The maximum Gasteiger partial charge on any atom is 0.324 e. The summed E-state index contributed by atoms with van der Waals surface area (Å²) in [5.74, 6) is -0.285. The molecule has 0 amide bonds. The van der Waals surface area contributed by atoms with Crippen molar-refractivity contribution < 1.29 is 13.9 Å². The molecule has 0 saturated heterocycles. The number of ether oxygens (including phenoxy) is 1. The van der Waals surface area contributed by atoms with Gasteiger partial charge in [-0.2, -0.15) is 0 Å². The molecule has 0 heterocycles. The summed E-state index contributed by atoms with van der Waals surface area (Å²) in [5.41, 5.74) is 1.54. The van der Waals surface area contributed by atoms with E-state index >= 15 is 0 Å². The van der Waals surface area contributed by atoms with Gasteiger partial charge >= 0.3 is 5.97 Å². The minimum atomic E-state index is -0.759. The van der Waals surface area contributed by atoms with Crippen LogP contribution >= 0.6 is 11.6 Å². The van der Waals surface area contributed by atoms with Crippen molar-refractivity contribution in [2.24, 2.45) is 0 Å². The zero-order valence-corrected chi connectivity index (χ0v) is 13.2.